The molecule has 1 aliphatic heterocycles. The van der Waals surface area contributed by atoms with E-state index in [-0.39, 0.29) is 12.1 Å². The lowest BCUT2D eigenvalue weighted by molar-refractivity contribution is 0.179. The molecule has 2 aromatic heterocycles. The van der Waals surface area contributed by atoms with Gasteiger partial charge in [0.1, 0.15) is 5.82 Å². The molecule has 1 aliphatic rings. The van der Waals surface area contributed by atoms with Gasteiger partial charge in [-0.15, -0.1) is 0 Å². The molecule has 5 rings (SSSR count). The molecule has 7 heteroatoms. The van der Waals surface area contributed by atoms with Crippen LogP contribution in [-0.4, -0.2) is 45.9 Å². The summed E-state index contributed by atoms with van der Waals surface area (Å²) in [6, 6.07) is 22.5. The minimum atomic E-state index is -0.251. The summed E-state index contributed by atoms with van der Waals surface area (Å²) in [5.74, 6) is 1.34. The summed E-state index contributed by atoms with van der Waals surface area (Å²) in [5.41, 5.74) is 6.18. The van der Waals surface area contributed by atoms with Gasteiger partial charge in [-0.2, -0.15) is 5.10 Å². The van der Waals surface area contributed by atoms with Crippen molar-refractivity contribution in [1.29, 1.82) is 0 Å². The van der Waals surface area contributed by atoms with Crippen molar-refractivity contribution < 1.29 is 4.79 Å². The zero-order valence-corrected chi connectivity index (χ0v) is 21.6. The summed E-state index contributed by atoms with van der Waals surface area (Å²) in [7, 11) is 4.07. The molecule has 0 radical (unpaired) electrons. The Labute approximate surface area is 213 Å². The average molecular weight is 483 g/mol. The number of amides is 2. The minimum absolute atomic E-state index is 0.0714. The molecule has 4 aromatic rings. The Morgan fingerprint density at radius 1 is 1.06 bits per heavy atom. The number of hydrogen-bond donors (Lipinski definition) is 1. The first-order valence-electron chi connectivity index (χ1n) is 12.5. The Bertz CT molecular complexity index is 1350. The molecule has 0 bridgehead atoms. The number of urea groups is 1. The number of anilines is 1. The predicted octanol–water partition coefficient (Wildman–Crippen LogP) is 5.31. The SMILES string of the molecule is Cc1nn(-c2ccccc2)c2c1CN(C(=O)NCC(C)C)C(c1ccc(N(C)C)cc1)c1cccn1-2. The molecule has 7 nitrogen and oxygen atoms in total. The molecule has 1 N–H and O–H groups in total. The van der Waals surface area contributed by atoms with Crippen molar-refractivity contribution in [3.05, 3.63) is 95.4 Å². The van der Waals surface area contributed by atoms with Crippen LogP contribution in [0.1, 0.15) is 42.4 Å². The van der Waals surface area contributed by atoms with Gasteiger partial charge in [-0.1, -0.05) is 44.2 Å². The van der Waals surface area contributed by atoms with E-state index in [0.717, 1.165) is 39.7 Å². The number of para-hydroxylation sites is 1. The van der Waals surface area contributed by atoms with Crippen LogP contribution < -0.4 is 10.2 Å². The highest BCUT2D eigenvalue weighted by Crippen LogP contribution is 2.38. The average Bonchev–Trinajstić information content (AvgIpc) is 3.43. The summed E-state index contributed by atoms with van der Waals surface area (Å²) < 4.78 is 4.19. The maximum atomic E-state index is 13.7. The molecule has 1 atom stereocenters. The zero-order chi connectivity index (χ0) is 25.4. The van der Waals surface area contributed by atoms with Gasteiger partial charge < -0.3 is 19.7 Å². The van der Waals surface area contributed by atoms with Gasteiger partial charge >= 0.3 is 6.03 Å². The number of nitrogens with one attached hydrogen (secondary N) is 1. The van der Waals surface area contributed by atoms with Gasteiger partial charge in [0.25, 0.3) is 0 Å². The van der Waals surface area contributed by atoms with Gasteiger partial charge in [0, 0.05) is 38.1 Å². The Balaban J connectivity index is 1.69. The molecule has 36 heavy (non-hydrogen) atoms. The second kappa shape index (κ2) is 9.57. The van der Waals surface area contributed by atoms with Gasteiger partial charge in [-0.05, 0) is 54.8 Å². The number of hydrogen-bond acceptors (Lipinski definition) is 3. The molecule has 3 heterocycles. The molecule has 2 aromatic carbocycles. The number of nitrogens with zero attached hydrogens (tertiary/aromatic N) is 5. The highest BCUT2D eigenvalue weighted by Gasteiger charge is 2.35. The normalized spacial score (nSPS) is 14.8. The quantitative estimate of drug-likeness (QED) is 0.420. The van der Waals surface area contributed by atoms with Crippen LogP contribution in [0.25, 0.3) is 11.5 Å². The molecule has 0 saturated carbocycles. The smallest absolute Gasteiger partial charge is 0.318 e. The van der Waals surface area contributed by atoms with Gasteiger partial charge in [-0.25, -0.2) is 9.48 Å². The topological polar surface area (TPSA) is 58.3 Å². The second-order valence-electron chi connectivity index (χ2n) is 10.0. The third kappa shape index (κ3) is 4.26. The van der Waals surface area contributed by atoms with E-state index in [4.69, 9.17) is 5.10 Å². The van der Waals surface area contributed by atoms with E-state index < -0.39 is 0 Å². The number of rotatable bonds is 5. The van der Waals surface area contributed by atoms with Crippen LogP contribution >= 0.6 is 0 Å². The van der Waals surface area contributed by atoms with Crippen molar-refractivity contribution in [2.24, 2.45) is 5.92 Å². The van der Waals surface area contributed by atoms with Crippen LogP contribution in [0.5, 0.6) is 0 Å². The molecule has 0 spiro atoms. The summed E-state index contributed by atoms with van der Waals surface area (Å²) in [5, 5.41) is 8.07. The fraction of sp³-hybridized carbons (Fsp3) is 0.310. The number of aryl methyl sites for hydroxylation is 1. The van der Waals surface area contributed by atoms with E-state index in [1.165, 1.54) is 0 Å². The van der Waals surface area contributed by atoms with Crippen molar-refractivity contribution in [2.45, 2.75) is 33.4 Å². The molecular formula is C29H34N6O. The second-order valence-corrected chi connectivity index (χ2v) is 10.0. The number of benzene rings is 2. The van der Waals surface area contributed by atoms with Crippen LogP contribution in [0.15, 0.2) is 72.9 Å². The summed E-state index contributed by atoms with van der Waals surface area (Å²) in [6.07, 6.45) is 2.07. The van der Waals surface area contributed by atoms with Gasteiger partial charge in [-0.3, -0.25) is 0 Å². The first-order chi connectivity index (χ1) is 17.3. The molecule has 2 amide bonds. The van der Waals surface area contributed by atoms with Crippen molar-refractivity contribution in [2.75, 3.05) is 25.5 Å². The van der Waals surface area contributed by atoms with E-state index in [0.29, 0.717) is 19.0 Å². The highest BCUT2D eigenvalue weighted by atomic mass is 16.2. The monoisotopic (exact) mass is 482 g/mol. The molecular weight excluding hydrogens is 448 g/mol. The Hall–Kier alpha value is -4.00. The third-order valence-electron chi connectivity index (χ3n) is 6.73. The van der Waals surface area contributed by atoms with E-state index in [2.05, 4.69) is 77.3 Å². The summed E-state index contributed by atoms with van der Waals surface area (Å²) >= 11 is 0. The lowest BCUT2D eigenvalue weighted by Crippen LogP contribution is -2.43. The lowest BCUT2D eigenvalue weighted by atomic mass is 10.0. The zero-order valence-electron chi connectivity index (χ0n) is 21.6. The summed E-state index contributed by atoms with van der Waals surface area (Å²) in [4.78, 5) is 17.8. The first-order valence-corrected chi connectivity index (χ1v) is 12.5. The fourth-order valence-electron chi connectivity index (χ4n) is 4.85. The van der Waals surface area contributed by atoms with Gasteiger partial charge in [0.05, 0.1) is 29.7 Å². The van der Waals surface area contributed by atoms with Gasteiger partial charge in [0.15, 0.2) is 0 Å². The predicted molar refractivity (Wildman–Crippen MR) is 144 cm³/mol. The van der Waals surface area contributed by atoms with Gasteiger partial charge in [0.2, 0.25) is 0 Å². The molecule has 0 saturated heterocycles. The maximum Gasteiger partial charge on any atom is 0.318 e. The Kier molecular flexibility index (Phi) is 6.31. The van der Waals surface area contributed by atoms with Crippen LogP contribution in [0, 0.1) is 12.8 Å². The van der Waals surface area contributed by atoms with Crippen molar-refractivity contribution in [3.63, 3.8) is 0 Å². The van der Waals surface area contributed by atoms with E-state index >= 15 is 0 Å². The van der Waals surface area contributed by atoms with Crippen molar-refractivity contribution >= 4 is 11.7 Å². The molecule has 0 fully saturated rings. The van der Waals surface area contributed by atoms with Crippen molar-refractivity contribution in [3.8, 4) is 11.5 Å². The number of aromatic nitrogens is 3. The van der Waals surface area contributed by atoms with E-state index in [1.807, 2.05) is 54.9 Å². The first kappa shape index (κ1) is 23.7. The number of carbonyl (C=O) groups excluding carboxylic acids is 1. The van der Waals surface area contributed by atoms with E-state index in [9.17, 15) is 4.79 Å². The standard InChI is InChI=1S/C29H34N6O/c1-20(2)18-30-29(36)34-19-25-21(3)31-35(24-10-7-6-8-11-24)28(25)33-17-9-12-26(33)27(34)22-13-15-23(16-14-22)32(4)5/h6-17,20,27H,18-19H2,1-5H3,(H,30,36). The lowest BCUT2D eigenvalue weighted by Gasteiger charge is -2.31. The third-order valence-corrected chi connectivity index (χ3v) is 6.73. The van der Waals surface area contributed by atoms with Crippen LogP contribution in [-0.2, 0) is 6.54 Å². The number of fused-ring (bicyclic) bond motifs is 3. The van der Waals surface area contributed by atoms with E-state index in [1.54, 1.807) is 0 Å². The van der Waals surface area contributed by atoms with Crippen LogP contribution in [0.2, 0.25) is 0 Å². The number of carbonyl (C=O) groups is 1. The minimum Gasteiger partial charge on any atom is -0.378 e. The molecule has 1 unspecified atom stereocenters. The highest BCUT2D eigenvalue weighted by molar-refractivity contribution is 5.76. The Morgan fingerprint density at radius 2 is 1.78 bits per heavy atom. The molecule has 186 valence electrons. The summed E-state index contributed by atoms with van der Waals surface area (Å²) in [6.45, 7) is 7.32. The Morgan fingerprint density at radius 3 is 2.44 bits per heavy atom. The molecule has 0 aliphatic carbocycles. The largest absolute Gasteiger partial charge is 0.378 e. The van der Waals surface area contributed by atoms with Crippen molar-refractivity contribution in [1.82, 2.24) is 24.6 Å². The van der Waals surface area contributed by atoms with Crippen LogP contribution in [0.3, 0.4) is 0 Å². The van der Waals surface area contributed by atoms with Crippen LogP contribution in [0.4, 0.5) is 10.5 Å². The maximum absolute atomic E-state index is 13.7. The fourth-order valence-corrected chi connectivity index (χ4v) is 4.85.